The third kappa shape index (κ3) is 5.95. The average Bonchev–Trinajstić information content (AvgIpc) is 1.21. The van der Waals surface area contributed by atoms with E-state index < -0.39 is 9.73 Å². The zero-order valence-corrected chi connectivity index (χ0v) is 6.42. The maximum Gasteiger partial charge on any atom is 0.0414 e. The van der Waals surface area contributed by atoms with Gasteiger partial charge in [-0.25, -0.2) is 0 Å². The van der Waals surface area contributed by atoms with Gasteiger partial charge in [-0.05, 0) is 5.92 Å². The van der Waals surface area contributed by atoms with Crippen LogP contribution in [0.3, 0.4) is 0 Å². The van der Waals surface area contributed by atoms with E-state index in [2.05, 4.69) is 0 Å². The third-order valence-corrected chi connectivity index (χ3v) is 1.95. The van der Waals surface area contributed by atoms with Crippen LogP contribution in [-0.4, -0.2) is 16.2 Å². The van der Waals surface area contributed by atoms with Crippen LogP contribution in [0.2, 0.25) is 0 Å². The third-order valence-electron chi connectivity index (χ3n) is 0.651. The van der Waals surface area contributed by atoms with Crippen LogP contribution in [0.1, 0.15) is 13.8 Å². The molecule has 0 aromatic rings. The minimum atomic E-state index is -2.22. The summed E-state index contributed by atoms with van der Waals surface area (Å²) < 4.78 is 17.7. The molecule has 0 amide bonds. The Morgan fingerprint density at radius 1 is 1.62 bits per heavy atom. The summed E-state index contributed by atoms with van der Waals surface area (Å²) in [7, 11) is -2.22. The fraction of sp³-hybridized carbons (Fsp3) is 1.00. The molecule has 3 heteroatoms. The topological polar surface area (TPSA) is 40.9 Å². The normalized spacial score (nSPS) is 18.5. The van der Waals surface area contributed by atoms with E-state index in [-0.39, 0.29) is 0 Å². The quantitative estimate of drug-likeness (QED) is 0.609. The molecule has 0 rings (SSSR count). The van der Waals surface area contributed by atoms with E-state index in [1.165, 1.54) is 6.26 Å². The van der Waals surface area contributed by atoms with Crippen molar-refractivity contribution in [1.82, 2.24) is 0 Å². The lowest BCUT2D eigenvalue weighted by Gasteiger charge is -2.01. The van der Waals surface area contributed by atoms with E-state index in [9.17, 15) is 4.21 Å². The Morgan fingerprint density at radius 3 is 2.00 bits per heavy atom. The second-order valence-electron chi connectivity index (χ2n) is 2.57. The van der Waals surface area contributed by atoms with E-state index in [4.69, 9.17) is 4.78 Å². The van der Waals surface area contributed by atoms with Crippen LogP contribution in [0.25, 0.3) is 0 Å². The summed E-state index contributed by atoms with van der Waals surface area (Å²) in [4.78, 5) is 0. The van der Waals surface area contributed by atoms with Gasteiger partial charge >= 0.3 is 0 Å². The Hall–Kier alpha value is -0.0500. The summed E-state index contributed by atoms with van der Waals surface area (Å²) in [6.45, 7) is 3.94. The first-order chi connectivity index (χ1) is 3.42. The SMILES string of the molecule is CC(C)C[S@](C)(=N)=O. The first-order valence-corrected chi connectivity index (χ1v) is 4.77. The monoisotopic (exact) mass is 135 g/mol. The molecule has 0 aliphatic heterocycles. The van der Waals surface area contributed by atoms with Crippen LogP contribution < -0.4 is 0 Å². The van der Waals surface area contributed by atoms with Crippen molar-refractivity contribution >= 4 is 9.73 Å². The average molecular weight is 135 g/mol. The van der Waals surface area contributed by atoms with Crippen molar-refractivity contribution in [2.45, 2.75) is 13.8 Å². The Balaban J connectivity index is 3.75. The summed E-state index contributed by atoms with van der Waals surface area (Å²) in [5.74, 6) is 0.900. The van der Waals surface area contributed by atoms with Gasteiger partial charge in [0.15, 0.2) is 0 Å². The molecule has 0 bridgehead atoms. The highest BCUT2D eigenvalue weighted by Gasteiger charge is 1.99. The van der Waals surface area contributed by atoms with E-state index in [0.717, 1.165) is 0 Å². The molecule has 1 N–H and O–H groups in total. The van der Waals surface area contributed by atoms with Gasteiger partial charge in [0.25, 0.3) is 0 Å². The lowest BCUT2D eigenvalue weighted by Crippen LogP contribution is -2.06. The number of nitrogens with one attached hydrogen (secondary N) is 1. The standard InChI is InChI=1S/C5H13NOS/c1-5(2)4-8(3,6)7/h5-6H,4H2,1-3H3/t8-/m1/s1. The van der Waals surface area contributed by atoms with Crippen LogP contribution >= 0.6 is 0 Å². The molecule has 0 aromatic carbocycles. The molecule has 0 unspecified atom stereocenters. The molecule has 1 atom stereocenters. The van der Waals surface area contributed by atoms with Gasteiger partial charge in [0.05, 0.1) is 0 Å². The molecule has 0 aliphatic carbocycles. The van der Waals surface area contributed by atoms with Gasteiger partial charge in [-0.2, -0.15) is 0 Å². The lowest BCUT2D eigenvalue weighted by molar-refractivity contribution is 0.660. The summed E-state index contributed by atoms with van der Waals surface area (Å²) >= 11 is 0. The highest BCUT2D eigenvalue weighted by Crippen LogP contribution is 1.96. The molecular formula is C5H13NOS. The molecular weight excluding hydrogens is 122 g/mol. The molecule has 0 saturated carbocycles. The minimum Gasteiger partial charge on any atom is -0.253 e. The molecule has 0 aromatic heterocycles. The maximum atomic E-state index is 10.7. The van der Waals surface area contributed by atoms with Crippen LogP contribution in [0, 0.1) is 10.7 Å². The summed E-state index contributed by atoms with van der Waals surface area (Å²) in [5, 5.41) is 0. The van der Waals surface area contributed by atoms with Crippen molar-refractivity contribution in [3.05, 3.63) is 0 Å². The molecule has 50 valence electrons. The van der Waals surface area contributed by atoms with Gasteiger partial charge < -0.3 is 0 Å². The second kappa shape index (κ2) is 2.49. The van der Waals surface area contributed by atoms with Crippen molar-refractivity contribution in [2.75, 3.05) is 12.0 Å². The van der Waals surface area contributed by atoms with Crippen LogP contribution in [-0.2, 0) is 9.73 Å². The van der Waals surface area contributed by atoms with Crippen molar-refractivity contribution in [3.63, 3.8) is 0 Å². The van der Waals surface area contributed by atoms with E-state index in [1.807, 2.05) is 13.8 Å². The molecule has 8 heavy (non-hydrogen) atoms. The maximum absolute atomic E-state index is 10.7. The Labute approximate surface area is 51.3 Å². The predicted molar refractivity (Wildman–Crippen MR) is 36.5 cm³/mol. The Bertz CT molecular complexity index is 146. The molecule has 0 spiro atoms. The number of rotatable bonds is 2. The largest absolute Gasteiger partial charge is 0.253 e. The summed E-state index contributed by atoms with van der Waals surface area (Å²) in [6.07, 6.45) is 1.48. The van der Waals surface area contributed by atoms with E-state index >= 15 is 0 Å². The van der Waals surface area contributed by atoms with Crippen molar-refractivity contribution in [1.29, 1.82) is 4.78 Å². The molecule has 0 fully saturated rings. The number of hydrogen-bond donors (Lipinski definition) is 1. The van der Waals surface area contributed by atoms with Gasteiger partial charge in [0.2, 0.25) is 0 Å². The fourth-order valence-electron chi connectivity index (χ4n) is 0.636. The Kier molecular flexibility index (Phi) is 2.47. The van der Waals surface area contributed by atoms with Crippen LogP contribution in [0.5, 0.6) is 0 Å². The van der Waals surface area contributed by atoms with Gasteiger partial charge in [-0.3, -0.25) is 8.99 Å². The zero-order chi connectivity index (χ0) is 6.78. The molecule has 2 nitrogen and oxygen atoms in total. The van der Waals surface area contributed by atoms with Gasteiger partial charge in [0.1, 0.15) is 0 Å². The molecule has 0 aliphatic rings. The van der Waals surface area contributed by atoms with Crippen molar-refractivity contribution < 1.29 is 4.21 Å². The second-order valence-corrected chi connectivity index (χ2v) is 4.91. The van der Waals surface area contributed by atoms with Gasteiger partial charge in [-0.15, -0.1) is 0 Å². The highest BCUT2D eigenvalue weighted by atomic mass is 32.2. The van der Waals surface area contributed by atoms with Gasteiger partial charge in [0, 0.05) is 21.7 Å². The summed E-state index contributed by atoms with van der Waals surface area (Å²) in [6, 6.07) is 0. The first-order valence-electron chi connectivity index (χ1n) is 2.63. The van der Waals surface area contributed by atoms with Crippen LogP contribution in [0.15, 0.2) is 0 Å². The molecule has 0 radical (unpaired) electrons. The van der Waals surface area contributed by atoms with E-state index in [0.29, 0.717) is 11.7 Å². The highest BCUT2D eigenvalue weighted by molar-refractivity contribution is 7.91. The van der Waals surface area contributed by atoms with Gasteiger partial charge in [-0.1, -0.05) is 13.8 Å². The van der Waals surface area contributed by atoms with Crippen molar-refractivity contribution in [3.8, 4) is 0 Å². The first kappa shape index (κ1) is 7.95. The molecule has 0 heterocycles. The fourth-order valence-corrected chi connectivity index (χ4v) is 1.91. The smallest absolute Gasteiger partial charge is 0.0414 e. The van der Waals surface area contributed by atoms with Crippen LogP contribution in [0.4, 0.5) is 0 Å². The Morgan fingerprint density at radius 2 is 2.00 bits per heavy atom. The zero-order valence-electron chi connectivity index (χ0n) is 5.60. The number of hydrogen-bond acceptors (Lipinski definition) is 2. The van der Waals surface area contributed by atoms with E-state index in [1.54, 1.807) is 0 Å². The lowest BCUT2D eigenvalue weighted by atomic mass is 10.3. The predicted octanol–water partition coefficient (Wildman–Crippen LogP) is 1.32. The summed E-state index contributed by atoms with van der Waals surface area (Å²) in [5.41, 5.74) is 0. The molecule has 0 saturated heterocycles. The minimum absolute atomic E-state index is 0.380. The van der Waals surface area contributed by atoms with Crippen molar-refractivity contribution in [2.24, 2.45) is 5.92 Å².